The predicted octanol–water partition coefficient (Wildman–Crippen LogP) is 5.95. The standard InChI is InChI=1S/C27H28BrF2N3O3/c1-16-24(19-14-18(28)9-10-22(19)32-26(16)33-12-3-2-4-13-33)27(36)31-15-17(8-11-23(34)35)25-20(29)6-5-7-21(25)30/h5-7,9-10,14,17H,2-4,8,11-13,15H2,1H3,(H,31,36)(H,34,35)/t17-/m0/s1. The second-order valence-electron chi connectivity index (χ2n) is 9.12. The largest absolute Gasteiger partial charge is 0.481 e. The molecule has 2 N–H and O–H groups in total. The Labute approximate surface area is 216 Å². The second kappa shape index (κ2) is 11.3. The smallest absolute Gasteiger partial charge is 0.303 e. The number of aromatic nitrogens is 1. The van der Waals surface area contributed by atoms with Crippen molar-refractivity contribution in [1.82, 2.24) is 10.3 Å². The van der Waals surface area contributed by atoms with Crippen LogP contribution >= 0.6 is 15.9 Å². The number of carboxylic acid groups (broad SMARTS) is 1. The zero-order chi connectivity index (χ0) is 25.8. The molecule has 0 saturated carbocycles. The van der Waals surface area contributed by atoms with Crippen molar-refractivity contribution in [2.24, 2.45) is 0 Å². The first-order valence-corrected chi connectivity index (χ1v) is 12.8. The highest BCUT2D eigenvalue weighted by atomic mass is 79.9. The Kier molecular flexibility index (Phi) is 8.18. The predicted molar refractivity (Wildman–Crippen MR) is 139 cm³/mol. The Balaban J connectivity index is 1.69. The van der Waals surface area contributed by atoms with Crippen LogP contribution in [0, 0.1) is 18.6 Å². The third-order valence-corrected chi connectivity index (χ3v) is 7.16. The average molecular weight is 560 g/mol. The van der Waals surface area contributed by atoms with Crippen LogP contribution in [0.5, 0.6) is 0 Å². The number of carbonyl (C=O) groups excluding carboxylic acids is 1. The molecule has 3 aromatic rings. The van der Waals surface area contributed by atoms with Crippen LogP contribution in [0.1, 0.15) is 59.5 Å². The summed E-state index contributed by atoms with van der Waals surface area (Å²) in [5.74, 6) is -3.07. The van der Waals surface area contributed by atoms with Crippen LogP contribution in [0.4, 0.5) is 14.6 Å². The number of pyridine rings is 1. The first kappa shape index (κ1) is 26.0. The molecule has 1 aliphatic rings. The summed E-state index contributed by atoms with van der Waals surface area (Å²) in [6.45, 7) is 3.48. The molecule has 1 saturated heterocycles. The summed E-state index contributed by atoms with van der Waals surface area (Å²) in [7, 11) is 0. The molecule has 1 fully saturated rings. The maximum absolute atomic E-state index is 14.5. The lowest BCUT2D eigenvalue weighted by Gasteiger charge is -2.30. The first-order valence-electron chi connectivity index (χ1n) is 12.0. The first-order chi connectivity index (χ1) is 17.3. The fourth-order valence-corrected chi connectivity index (χ4v) is 5.24. The van der Waals surface area contributed by atoms with Crippen molar-refractivity contribution < 1.29 is 23.5 Å². The van der Waals surface area contributed by atoms with Crippen molar-refractivity contribution in [3.05, 3.63) is 69.2 Å². The van der Waals surface area contributed by atoms with Gasteiger partial charge in [-0.15, -0.1) is 0 Å². The van der Waals surface area contributed by atoms with Crippen LogP contribution in [0.15, 0.2) is 40.9 Å². The summed E-state index contributed by atoms with van der Waals surface area (Å²) < 4.78 is 29.9. The third kappa shape index (κ3) is 5.67. The Morgan fingerprint density at radius 3 is 2.50 bits per heavy atom. The molecule has 36 heavy (non-hydrogen) atoms. The number of nitrogens with zero attached hydrogens (tertiary/aromatic N) is 2. The van der Waals surface area contributed by atoms with E-state index in [4.69, 9.17) is 10.1 Å². The number of piperidine rings is 1. The normalized spacial score (nSPS) is 14.6. The number of nitrogens with one attached hydrogen (secondary N) is 1. The van der Waals surface area contributed by atoms with E-state index in [-0.39, 0.29) is 24.9 Å². The number of halogens is 3. The van der Waals surface area contributed by atoms with Gasteiger partial charge < -0.3 is 15.3 Å². The van der Waals surface area contributed by atoms with E-state index in [1.165, 1.54) is 6.07 Å². The zero-order valence-electron chi connectivity index (χ0n) is 20.0. The maximum atomic E-state index is 14.5. The van der Waals surface area contributed by atoms with Crippen molar-refractivity contribution in [1.29, 1.82) is 0 Å². The number of rotatable bonds is 8. The number of fused-ring (bicyclic) bond motifs is 1. The summed E-state index contributed by atoms with van der Waals surface area (Å²) in [6.07, 6.45) is 2.97. The van der Waals surface area contributed by atoms with E-state index < -0.39 is 29.4 Å². The molecule has 1 aliphatic heterocycles. The monoisotopic (exact) mass is 559 g/mol. The highest BCUT2D eigenvalue weighted by Gasteiger charge is 2.25. The number of carbonyl (C=O) groups is 2. The molecule has 0 unspecified atom stereocenters. The van der Waals surface area contributed by atoms with E-state index in [2.05, 4.69) is 26.1 Å². The fourth-order valence-electron chi connectivity index (χ4n) is 4.88. The Hall–Kier alpha value is -3.07. The molecule has 0 radical (unpaired) electrons. The van der Waals surface area contributed by atoms with Gasteiger partial charge in [0.15, 0.2) is 0 Å². The van der Waals surface area contributed by atoms with E-state index in [9.17, 15) is 18.4 Å². The van der Waals surface area contributed by atoms with Gasteiger partial charge in [-0.05, 0) is 62.9 Å². The molecule has 1 aromatic heterocycles. The number of anilines is 1. The van der Waals surface area contributed by atoms with Crippen LogP contribution < -0.4 is 10.2 Å². The van der Waals surface area contributed by atoms with Gasteiger partial charge in [-0.25, -0.2) is 13.8 Å². The van der Waals surface area contributed by atoms with E-state index >= 15 is 0 Å². The van der Waals surface area contributed by atoms with Crippen molar-refractivity contribution in [2.75, 3.05) is 24.5 Å². The number of aliphatic carboxylic acids is 1. The molecule has 9 heteroatoms. The molecular weight excluding hydrogens is 532 g/mol. The lowest BCUT2D eigenvalue weighted by molar-refractivity contribution is -0.137. The molecule has 2 aromatic carbocycles. The molecule has 1 amide bonds. The average Bonchev–Trinajstić information content (AvgIpc) is 2.85. The van der Waals surface area contributed by atoms with Gasteiger partial charge >= 0.3 is 5.97 Å². The van der Waals surface area contributed by atoms with Crippen molar-refractivity contribution in [2.45, 2.75) is 44.9 Å². The van der Waals surface area contributed by atoms with Crippen molar-refractivity contribution in [3.8, 4) is 0 Å². The minimum atomic E-state index is -1.07. The van der Waals surface area contributed by atoms with Crippen LogP contribution in [0.2, 0.25) is 0 Å². The highest BCUT2D eigenvalue weighted by Crippen LogP contribution is 2.32. The van der Waals surface area contributed by atoms with E-state index in [1.54, 1.807) is 0 Å². The summed E-state index contributed by atoms with van der Waals surface area (Å²) in [5.41, 5.74) is 1.65. The molecule has 0 aliphatic carbocycles. The topological polar surface area (TPSA) is 82.5 Å². The summed E-state index contributed by atoms with van der Waals surface area (Å²) in [6, 6.07) is 9.09. The quantitative estimate of drug-likeness (QED) is 0.356. The molecule has 190 valence electrons. The van der Waals surface area contributed by atoms with Crippen LogP contribution in [-0.4, -0.2) is 41.6 Å². The fraction of sp³-hybridized carbons (Fsp3) is 0.370. The molecule has 0 spiro atoms. The maximum Gasteiger partial charge on any atom is 0.303 e. The minimum absolute atomic E-state index is 0.0197. The van der Waals surface area contributed by atoms with Crippen LogP contribution in [0.25, 0.3) is 10.9 Å². The lowest BCUT2D eigenvalue weighted by atomic mass is 9.92. The summed E-state index contributed by atoms with van der Waals surface area (Å²) in [5, 5.41) is 12.6. The highest BCUT2D eigenvalue weighted by molar-refractivity contribution is 9.10. The number of amides is 1. The minimum Gasteiger partial charge on any atom is -0.481 e. The molecule has 4 rings (SSSR count). The Morgan fingerprint density at radius 1 is 1.14 bits per heavy atom. The van der Waals surface area contributed by atoms with Gasteiger partial charge in [0.1, 0.15) is 17.5 Å². The second-order valence-corrected chi connectivity index (χ2v) is 10.0. The molecule has 2 heterocycles. The van der Waals surface area contributed by atoms with Gasteiger partial charge in [-0.1, -0.05) is 22.0 Å². The van der Waals surface area contributed by atoms with Gasteiger partial charge in [0, 0.05) is 53.0 Å². The van der Waals surface area contributed by atoms with Gasteiger partial charge in [-0.2, -0.15) is 0 Å². The van der Waals surface area contributed by atoms with E-state index in [1.807, 2.05) is 25.1 Å². The lowest BCUT2D eigenvalue weighted by Crippen LogP contribution is -2.33. The van der Waals surface area contributed by atoms with Gasteiger partial charge in [0.2, 0.25) is 0 Å². The van der Waals surface area contributed by atoms with E-state index in [0.717, 1.165) is 60.3 Å². The number of carboxylic acids is 1. The Morgan fingerprint density at radius 2 is 1.83 bits per heavy atom. The van der Waals surface area contributed by atoms with Gasteiger partial charge in [0.25, 0.3) is 5.91 Å². The molecule has 1 atom stereocenters. The van der Waals surface area contributed by atoms with Gasteiger partial charge in [0.05, 0.1) is 11.1 Å². The van der Waals surface area contributed by atoms with E-state index in [0.29, 0.717) is 16.5 Å². The third-order valence-electron chi connectivity index (χ3n) is 6.67. The summed E-state index contributed by atoms with van der Waals surface area (Å²) >= 11 is 3.47. The zero-order valence-corrected chi connectivity index (χ0v) is 21.6. The molecule has 6 nitrogen and oxygen atoms in total. The van der Waals surface area contributed by atoms with Crippen molar-refractivity contribution in [3.63, 3.8) is 0 Å². The number of hydrogen-bond acceptors (Lipinski definition) is 4. The van der Waals surface area contributed by atoms with Crippen LogP contribution in [-0.2, 0) is 4.79 Å². The summed E-state index contributed by atoms with van der Waals surface area (Å²) in [4.78, 5) is 31.8. The van der Waals surface area contributed by atoms with Crippen molar-refractivity contribution >= 4 is 44.5 Å². The number of hydrogen-bond donors (Lipinski definition) is 2. The number of benzene rings is 2. The Bertz CT molecular complexity index is 1270. The van der Waals surface area contributed by atoms with Crippen LogP contribution in [0.3, 0.4) is 0 Å². The van der Waals surface area contributed by atoms with Gasteiger partial charge in [-0.3, -0.25) is 9.59 Å². The molecule has 0 bridgehead atoms. The SMILES string of the molecule is Cc1c(N2CCCCC2)nc2ccc(Br)cc2c1C(=O)NC[C@H](CCC(=O)O)c1c(F)cccc1F. The molecular formula is C27H28BrF2N3O3.